The molecule has 1 aromatic rings. The van der Waals surface area contributed by atoms with Gasteiger partial charge in [-0.3, -0.25) is 9.59 Å². The Balaban J connectivity index is 2.82. The third kappa shape index (κ3) is 4.10. The van der Waals surface area contributed by atoms with Crippen molar-refractivity contribution in [1.82, 2.24) is 5.32 Å². The van der Waals surface area contributed by atoms with E-state index in [1.807, 2.05) is 0 Å². The minimum absolute atomic E-state index is 0.0289. The number of hydrogen-bond donors (Lipinski definition) is 2. The van der Waals surface area contributed by atoms with Crippen LogP contribution in [0.2, 0.25) is 0 Å². The highest BCUT2D eigenvalue weighted by Gasteiger charge is 2.23. The molecule has 0 fully saturated rings. The molecule has 2 amide bonds. The maximum Gasteiger partial charge on any atom is 0.251 e. The second-order valence-electron chi connectivity index (χ2n) is 4.61. The number of primary amides is 1. The largest absolute Gasteiger partial charge is 0.370 e. The summed E-state index contributed by atoms with van der Waals surface area (Å²) >= 11 is 3.01. The minimum Gasteiger partial charge on any atom is -0.370 e. The lowest BCUT2D eigenvalue weighted by Gasteiger charge is -2.24. The van der Waals surface area contributed by atoms with Crippen LogP contribution in [-0.2, 0) is 4.79 Å². The monoisotopic (exact) mass is 316 g/mol. The van der Waals surface area contributed by atoms with Crippen LogP contribution in [0, 0.1) is 5.82 Å². The van der Waals surface area contributed by atoms with Gasteiger partial charge in [-0.2, -0.15) is 0 Å². The number of benzene rings is 1. The quantitative estimate of drug-likeness (QED) is 0.891. The SMILES string of the molecule is CC(C)(CC(N)=O)NC(=O)c1ccc(F)c(Br)c1. The zero-order valence-electron chi connectivity index (χ0n) is 10.1. The molecule has 3 N–H and O–H groups in total. The van der Waals surface area contributed by atoms with Gasteiger partial charge in [0.05, 0.1) is 4.47 Å². The van der Waals surface area contributed by atoms with Gasteiger partial charge in [-0.15, -0.1) is 0 Å². The first-order chi connectivity index (χ1) is 8.21. The van der Waals surface area contributed by atoms with Crippen molar-refractivity contribution in [2.45, 2.75) is 25.8 Å². The lowest BCUT2D eigenvalue weighted by molar-refractivity contribution is -0.119. The highest BCUT2D eigenvalue weighted by atomic mass is 79.9. The number of rotatable bonds is 4. The standard InChI is InChI=1S/C12H14BrFN2O2/c1-12(2,6-10(15)17)16-11(18)7-3-4-9(14)8(13)5-7/h3-5H,6H2,1-2H3,(H2,15,17)(H,16,18). The average molecular weight is 317 g/mol. The van der Waals surface area contributed by atoms with Crippen molar-refractivity contribution in [1.29, 1.82) is 0 Å². The van der Waals surface area contributed by atoms with Crippen molar-refractivity contribution in [3.05, 3.63) is 34.1 Å². The Morgan fingerprint density at radius 3 is 2.56 bits per heavy atom. The molecule has 0 aromatic heterocycles. The molecule has 4 nitrogen and oxygen atoms in total. The van der Waals surface area contributed by atoms with Gasteiger partial charge in [-0.25, -0.2) is 4.39 Å². The molecule has 0 heterocycles. The number of halogens is 2. The first kappa shape index (κ1) is 14.6. The maximum atomic E-state index is 13.0. The van der Waals surface area contributed by atoms with Crippen LogP contribution in [0.5, 0.6) is 0 Å². The van der Waals surface area contributed by atoms with E-state index >= 15 is 0 Å². The van der Waals surface area contributed by atoms with Crippen LogP contribution < -0.4 is 11.1 Å². The topological polar surface area (TPSA) is 72.2 Å². The van der Waals surface area contributed by atoms with E-state index in [1.165, 1.54) is 18.2 Å². The van der Waals surface area contributed by atoms with Gasteiger partial charge in [0.1, 0.15) is 5.82 Å². The van der Waals surface area contributed by atoms with E-state index in [1.54, 1.807) is 13.8 Å². The molecular formula is C12H14BrFN2O2. The third-order valence-corrected chi connectivity index (χ3v) is 2.86. The molecule has 1 rings (SSSR count). The second kappa shape index (κ2) is 5.48. The van der Waals surface area contributed by atoms with Crippen molar-refractivity contribution in [2.24, 2.45) is 5.73 Å². The molecule has 0 aliphatic carbocycles. The van der Waals surface area contributed by atoms with Gasteiger partial charge in [-0.05, 0) is 48.0 Å². The fourth-order valence-corrected chi connectivity index (χ4v) is 1.88. The predicted octanol–water partition coefficient (Wildman–Crippen LogP) is 1.97. The molecule has 0 unspecified atom stereocenters. The van der Waals surface area contributed by atoms with E-state index in [-0.39, 0.29) is 16.8 Å². The molecular weight excluding hydrogens is 303 g/mol. The Labute approximate surface area is 113 Å². The summed E-state index contributed by atoms with van der Waals surface area (Å²) in [7, 11) is 0. The summed E-state index contributed by atoms with van der Waals surface area (Å²) in [6.45, 7) is 3.38. The first-order valence-corrected chi connectivity index (χ1v) is 6.06. The molecule has 0 saturated heterocycles. The molecule has 0 atom stereocenters. The molecule has 1 aromatic carbocycles. The summed E-state index contributed by atoms with van der Waals surface area (Å²) < 4.78 is 13.2. The summed E-state index contributed by atoms with van der Waals surface area (Å²) in [5.74, 6) is -1.33. The van der Waals surface area contributed by atoms with Crippen LogP contribution in [-0.4, -0.2) is 17.4 Å². The Bertz CT molecular complexity index is 489. The van der Waals surface area contributed by atoms with Crippen LogP contribution in [0.1, 0.15) is 30.6 Å². The number of amides is 2. The molecule has 98 valence electrons. The van der Waals surface area contributed by atoms with E-state index in [0.717, 1.165) is 0 Å². The van der Waals surface area contributed by atoms with Crippen LogP contribution >= 0.6 is 15.9 Å². The van der Waals surface area contributed by atoms with Gasteiger partial charge < -0.3 is 11.1 Å². The minimum atomic E-state index is -0.746. The van der Waals surface area contributed by atoms with Gasteiger partial charge in [0, 0.05) is 17.5 Å². The Hall–Kier alpha value is -1.43. The van der Waals surface area contributed by atoms with Crippen LogP contribution in [0.25, 0.3) is 0 Å². The molecule has 0 aliphatic heterocycles. The normalized spacial score (nSPS) is 11.1. The third-order valence-electron chi connectivity index (χ3n) is 2.25. The van der Waals surface area contributed by atoms with E-state index in [4.69, 9.17) is 5.73 Å². The average Bonchev–Trinajstić information content (AvgIpc) is 2.19. The highest BCUT2D eigenvalue weighted by molar-refractivity contribution is 9.10. The molecule has 0 spiro atoms. The van der Waals surface area contributed by atoms with Gasteiger partial charge in [0.25, 0.3) is 5.91 Å². The van der Waals surface area contributed by atoms with Crippen molar-refractivity contribution in [3.63, 3.8) is 0 Å². The molecule has 0 aliphatic rings. The number of nitrogens with one attached hydrogen (secondary N) is 1. The fraction of sp³-hybridized carbons (Fsp3) is 0.333. The van der Waals surface area contributed by atoms with Crippen molar-refractivity contribution in [3.8, 4) is 0 Å². The molecule has 6 heteroatoms. The summed E-state index contributed by atoms with van der Waals surface area (Å²) in [5.41, 5.74) is 4.65. The zero-order chi connectivity index (χ0) is 13.9. The smallest absolute Gasteiger partial charge is 0.251 e. The lowest BCUT2D eigenvalue weighted by atomic mass is 9.99. The van der Waals surface area contributed by atoms with Gasteiger partial charge in [0.15, 0.2) is 0 Å². The summed E-state index contributed by atoms with van der Waals surface area (Å²) in [6, 6.07) is 3.95. The Morgan fingerprint density at radius 1 is 1.44 bits per heavy atom. The van der Waals surface area contributed by atoms with Gasteiger partial charge in [-0.1, -0.05) is 0 Å². The van der Waals surface area contributed by atoms with Crippen molar-refractivity contribution < 1.29 is 14.0 Å². The summed E-state index contributed by atoms with van der Waals surface area (Å²) in [4.78, 5) is 22.7. The number of carbonyl (C=O) groups is 2. The number of hydrogen-bond acceptors (Lipinski definition) is 2. The summed E-state index contributed by atoms with van der Waals surface area (Å²) in [6.07, 6.45) is 0.0289. The van der Waals surface area contributed by atoms with Crippen molar-refractivity contribution >= 4 is 27.7 Å². The molecule has 0 bridgehead atoms. The Morgan fingerprint density at radius 2 is 2.06 bits per heavy atom. The maximum absolute atomic E-state index is 13.0. The lowest BCUT2D eigenvalue weighted by Crippen LogP contribution is -2.46. The van der Waals surface area contributed by atoms with E-state index in [9.17, 15) is 14.0 Å². The van der Waals surface area contributed by atoms with E-state index in [0.29, 0.717) is 5.56 Å². The zero-order valence-corrected chi connectivity index (χ0v) is 11.7. The molecule has 0 radical (unpaired) electrons. The van der Waals surface area contributed by atoms with Gasteiger partial charge in [0.2, 0.25) is 5.91 Å². The number of nitrogens with two attached hydrogens (primary N) is 1. The summed E-state index contributed by atoms with van der Waals surface area (Å²) in [5, 5.41) is 2.67. The highest BCUT2D eigenvalue weighted by Crippen LogP contribution is 2.17. The van der Waals surface area contributed by atoms with Gasteiger partial charge >= 0.3 is 0 Å². The van der Waals surface area contributed by atoms with E-state index in [2.05, 4.69) is 21.2 Å². The molecule has 18 heavy (non-hydrogen) atoms. The van der Waals surface area contributed by atoms with Crippen LogP contribution in [0.3, 0.4) is 0 Å². The Kier molecular flexibility index (Phi) is 4.45. The van der Waals surface area contributed by atoms with Crippen LogP contribution in [0.4, 0.5) is 4.39 Å². The predicted molar refractivity (Wildman–Crippen MR) is 69.5 cm³/mol. The molecule has 0 saturated carbocycles. The fourth-order valence-electron chi connectivity index (χ4n) is 1.50. The number of carbonyl (C=O) groups excluding carboxylic acids is 2. The first-order valence-electron chi connectivity index (χ1n) is 5.27. The van der Waals surface area contributed by atoms with E-state index < -0.39 is 17.3 Å². The van der Waals surface area contributed by atoms with Crippen LogP contribution in [0.15, 0.2) is 22.7 Å². The second-order valence-corrected chi connectivity index (χ2v) is 5.46. The van der Waals surface area contributed by atoms with Crippen molar-refractivity contribution in [2.75, 3.05) is 0 Å².